The van der Waals surface area contributed by atoms with E-state index in [-0.39, 0.29) is 0 Å². The maximum atomic E-state index is 5.59. The van der Waals surface area contributed by atoms with E-state index in [9.17, 15) is 0 Å². The van der Waals surface area contributed by atoms with E-state index in [1.54, 1.807) is 0 Å². The molecule has 0 saturated carbocycles. The van der Waals surface area contributed by atoms with Crippen molar-refractivity contribution < 1.29 is 4.74 Å². The lowest BCUT2D eigenvalue weighted by Crippen LogP contribution is -2.19. The molecule has 0 bridgehead atoms. The fourth-order valence-corrected chi connectivity index (χ4v) is 2.09. The van der Waals surface area contributed by atoms with Gasteiger partial charge in [-0.25, -0.2) is 9.97 Å². The maximum absolute atomic E-state index is 5.59. The van der Waals surface area contributed by atoms with E-state index in [0.29, 0.717) is 12.0 Å². The molecule has 18 heavy (non-hydrogen) atoms. The van der Waals surface area contributed by atoms with Gasteiger partial charge in [-0.05, 0) is 25.3 Å². The first-order chi connectivity index (χ1) is 8.74. The van der Waals surface area contributed by atoms with Gasteiger partial charge in [-0.15, -0.1) is 0 Å². The van der Waals surface area contributed by atoms with E-state index in [4.69, 9.17) is 4.74 Å². The quantitative estimate of drug-likeness (QED) is 0.837. The molecule has 1 aromatic heterocycles. The minimum absolute atomic E-state index is 0.329. The van der Waals surface area contributed by atoms with Crippen molar-refractivity contribution in [2.45, 2.75) is 45.8 Å². The van der Waals surface area contributed by atoms with E-state index >= 15 is 0 Å². The number of ether oxygens (including phenoxy) is 1. The highest BCUT2D eigenvalue weighted by molar-refractivity contribution is 5.05. The fraction of sp³-hybridized carbons (Fsp3) is 0.714. The molecule has 0 spiro atoms. The molecule has 0 aromatic carbocycles. The predicted octanol–water partition coefficient (Wildman–Crippen LogP) is 1.94. The van der Waals surface area contributed by atoms with Gasteiger partial charge in [0.1, 0.15) is 5.82 Å². The Balaban J connectivity index is 1.77. The summed E-state index contributed by atoms with van der Waals surface area (Å²) in [5, 5.41) is 3.39. The zero-order valence-electron chi connectivity index (χ0n) is 11.4. The molecule has 2 rings (SSSR count). The topological polar surface area (TPSA) is 47.0 Å². The van der Waals surface area contributed by atoms with Crippen LogP contribution in [-0.4, -0.2) is 29.2 Å². The Morgan fingerprint density at radius 3 is 2.78 bits per heavy atom. The predicted molar refractivity (Wildman–Crippen MR) is 71.3 cm³/mol. The molecule has 1 atom stereocenters. The molecule has 1 aliphatic heterocycles. The second-order valence-corrected chi connectivity index (χ2v) is 5.37. The van der Waals surface area contributed by atoms with Crippen molar-refractivity contribution in [1.29, 1.82) is 0 Å². The average Bonchev–Trinajstić information content (AvgIpc) is 2.84. The zero-order chi connectivity index (χ0) is 12.8. The van der Waals surface area contributed by atoms with Crippen LogP contribution in [0.3, 0.4) is 0 Å². The van der Waals surface area contributed by atoms with Crippen LogP contribution in [0.5, 0.6) is 0 Å². The van der Waals surface area contributed by atoms with Crippen LogP contribution in [0.4, 0.5) is 0 Å². The van der Waals surface area contributed by atoms with Crippen LogP contribution in [0, 0.1) is 5.92 Å². The van der Waals surface area contributed by atoms with Crippen LogP contribution < -0.4 is 5.32 Å². The van der Waals surface area contributed by atoms with Gasteiger partial charge in [0.05, 0.1) is 6.10 Å². The Morgan fingerprint density at radius 2 is 2.17 bits per heavy atom. The lowest BCUT2D eigenvalue weighted by atomic mass is 10.2. The first-order valence-electron chi connectivity index (χ1n) is 6.86. The molecule has 1 aliphatic rings. The second kappa shape index (κ2) is 6.81. The molecule has 4 heteroatoms. The molecule has 100 valence electrons. The molecule has 1 unspecified atom stereocenters. The van der Waals surface area contributed by atoms with Crippen molar-refractivity contribution in [3.05, 3.63) is 23.8 Å². The van der Waals surface area contributed by atoms with E-state index in [0.717, 1.165) is 43.9 Å². The molecule has 0 amide bonds. The SMILES string of the molecule is CC(C)CNCc1cnc(CC2CCCO2)nc1. The third kappa shape index (κ3) is 4.35. The van der Waals surface area contributed by atoms with Gasteiger partial charge in [0.15, 0.2) is 0 Å². The van der Waals surface area contributed by atoms with Crippen LogP contribution in [0.2, 0.25) is 0 Å². The van der Waals surface area contributed by atoms with Gasteiger partial charge < -0.3 is 10.1 Å². The zero-order valence-corrected chi connectivity index (χ0v) is 11.4. The molecule has 1 aromatic rings. The Kier molecular flexibility index (Phi) is 5.08. The molecular weight excluding hydrogens is 226 g/mol. The van der Waals surface area contributed by atoms with Gasteiger partial charge in [0.25, 0.3) is 0 Å². The molecule has 2 heterocycles. The van der Waals surface area contributed by atoms with E-state index in [1.807, 2.05) is 12.4 Å². The number of hydrogen-bond acceptors (Lipinski definition) is 4. The van der Waals surface area contributed by atoms with E-state index < -0.39 is 0 Å². The summed E-state index contributed by atoms with van der Waals surface area (Å²) in [5.41, 5.74) is 1.15. The van der Waals surface area contributed by atoms with Gasteiger partial charge in [0, 0.05) is 37.5 Å². The lowest BCUT2D eigenvalue weighted by molar-refractivity contribution is 0.110. The Hall–Kier alpha value is -1.00. The van der Waals surface area contributed by atoms with Crippen LogP contribution in [0.25, 0.3) is 0 Å². The summed E-state index contributed by atoms with van der Waals surface area (Å²) in [7, 11) is 0. The van der Waals surface area contributed by atoms with Crippen molar-refractivity contribution in [2.75, 3.05) is 13.2 Å². The summed E-state index contributed by atoms with van der Waals surface area (Å²) in [6.07, 6.45) is 7.33. The third-order valence-corrected chi connectivity index (χ3v) is 3.07. The van der Waals surface area contributed by atoms with Gasteiger partial charge >= 0.3 is 0 Å². The van der Waals surface area contributed by atoms with Crippen LogP contribution in [0.15, 0.2) is 12.4 Å². The number of aromatic nitrogens is 2. The van der Waals surface area contributed by atoms with Gasteiger partial charge in [-0.1, -0.05) is 13.8 Å². The number of hydrogen-bond donors (Lipinski definition) is 1. The summed E-state index contributed by atoms with van der Waals surface area (Å²) in [4.78, 5) is 8.82. The molecular formula is C14H23N3O. The van der Waals surface area contributed by atoms with Crippen molar-refractivity contribution in [1.82, 2.24) is 15.3 Å². The Labute approximate surface area is 109 Å². The lowest BCUT2D eigenvalue weighted by Gasteiger charge is -2.09. The molecule has 1 N–H and O–H groups in total. The highest BCUT2D eigenvalue weighted by atomic mass is 16.5. The minimum Gasteiger partial charge on any atom is -0.378 e. The van der Waals surface area contributed by atoms with Crippen molar-refractivity contribution >= 4 is 0 Å². The van der Waals surface area contributed by atoms with Crippen molar-refractivity contribution in [3.63, 3.8) is 0 Å². The minimum atomic E-state index is 0.329. The third-order valence-electron chi connectivity index (χ3n) is 3.07. The van der Waals surface area contributed by atoms with Crippen LogP contribution in [0.1, 0.15) is 38.1 Å². The van der Waals surface area contributed by atoms with E-state index in [2.05, 4.69) is 29.1 Å². The monoisotopic (exact) mass is 249 g/mol. The number of nitrogens with one attached hydrogen (secondary N) is 1. The van der Waals surface area contributed by atoms with Crippen LogP contribution >= 0.6 is 0 Å². The van der Waals surface area contributed by atoms with Crippen molar-refractivity contribution in [2.24, 2.45) is 5.92 Å². The molecule has 0 aliphatic carbocycles. The summed E-state index contributed by atoms with van der Waals surface area (Å²) >= 11 is 0. The summed E-state index contributed by atoms with van der Waals surface area (Å²) in [6.45, 7) is 7.17. The standard InChI is InChI=1S/C14H23N3O/c1-11(2)7-15-8-12-9-16-14(17-10-12)6-13-4-3-5-18-13/h9-11,13,15H,3-8H2,1-2H3. The normalized spacial score (nSPS) is 19.6. The second-order valence-electron chi connectivity index (χ2n) is 5.37. The van der Waals surface area contributed by atoms with Gasteiger partial charge in [0.2, 0.25) is 0 Å². The highest BCUT2D eigenvalue weighted by Gasteiger charge is 2.16. The summed E-state index contributed by atoms with van der Waals surface area (Å²) in [6, 6.07) is 0. The number of nitrogens with zero attached hydrogens (tertiary/aromatic N) is 2. The summed E-state index contributed by atoms with van der Waals surface area (Å²) < 4.78 is 5.59. The molecule has 1 saturated heterocycles. The number of rotatable bonds is 6. The smallest absolute Gasteiger partial charge is 0.130 e. The van der Waals surface area contributed by atoms with Crippen LogP contribution in [-0.2, 0) is 17.7 Å². The molecule has 4 nitrogen and oxygen atoms in total. The fourth-order valence-electron chi connectivity index (χ4n) is 2.09. The first kappa shape index (κ1) is 13.4. The average molecular weight is 249 g/mol. The Morgan fingerprint density at radius 1 is 1.39 bits per heavy atom. The first-order valence-corrected chi connectivity index (χ1v) is 6.86. The largest absolute Gasteiger partial charge is 0.378 e. The summed E-state index contributed by atoms with van der Waals surface area (Å²) in [5.74, 6) is 1.57. The molecule has 1 fully saturated rings. The van der Waals surface area contributed by atoms with Gasteiger partial charge in [-0.2, -0.15) is 0 Å². The molecule has 0 radical (unpaired) electrons. The van der Waals surface area contributed by atoms with Gasteiger partial charge in [-0.3, -0.25) is 0 Å². The Bertz CT molecular complexity index is 345. The highest BCUT2D eigenvalue weighted by Crippen LogP contribution is 2.15. The van der Waals surface area contributed by atoms with Crippen molar-refractivity contribution in [3.8, 4) is 0 Å². The van der Waals surface area contributed by atoms with E-state index in [1.165, 1.54) is 6.42 Å². The maximum Gasteiger partial charge on any atom is 0.130 e.